The summed E-state index contributed by atoms with van der Waals surface area (Å²) < 4.78 is 20.9. The van der Waals surface area contributed by atoms with Crippen LogP contribution in [0, 0.1) is 0 Å². The smallest absolute Gasteiger partial charge is 0.343 e. The summed E-state index contributed by atoms with van der Waals surface area (Å²) in [7, 11) is 4.60. The van der Waals surface area contributed by atoms with Crippen LogP contribution >= 0.6 is 0 Å². The number of hydrogen-bond donors (Lipinski definition) is 0. The molecular formula is C25H22O6. The van der Waals surface area contributed by atoms with Gasteiger partial charge in [-0.1, -0.05) is 18.2 Å². The van der Waals surface area contributed by atoms with Gasteiger partial charge in [-0.3, -0.25) is 4.79 Å². The van der Waals surface area contributed by atoms with Gasteiger partial charge in [0.25, 0.3) is 0 Å². The van der Waals surface area contributed by atoms with Crippen LogP contribution in [0.25, 0.3) is 6.08 Å². The van der Waals surface area contributed by atoms with Gasteiger partial charge in [-0.05, 0) is 66.2 Å². The van der Waals surface area contributed by atoms with Gasteiger partial charge in [-0.25, -0.2) is 4.79 Å². The van der Waals surface area contributed by atoms with Crippen LogP contribution in [0.2, 0.25) is 0 Å². The molecule has 31 heavy (non-hydrogen) atoms. The number of hydrogen-bond acceptors (Lipinski definition) is 6. The summed E-state index contributed by atoms with van der Waals surface area (Å²) in [6.07, 6.45) is 3.20. The van der Waals surface area contributed by atoms with E-state index in [4.69, 9.17) is 18.9 Å². The molecule has 0 saturated carbocycles. The number of benzene rings is 3. The van der Waals surface area contributed by atoms with Gasteiger partial charge < -0.3 is 18.9 Å². The first-order valence-electron chi connectivity index (χ1n) is 9.45. The highest BCUT2D eigenvalue weighted by Gasteiger charge is 2.13. The Hall–Kier alpha value is -4.06. The molecule has 3 aromatic rings. The monoisotopic (exact) mass is 418 g/mol. The van der Waals surface area contributed by atoms with Crippen LogP contribution in [0.1, 0.15) is 26.3 Å². The summed E-state index contributed by atoms with van der Waals surface area (Å²) in [5, 5.41) is 0. The average molecular weight is 418 g/mol. The first-order chi connectivity index (χ1) is 15.0. The van der Waals surface area contributed by atoms with E-state index in [1.165, 1.54) is 20.3 Å². The Morgan fingerprint density at radius 2 is 1.42 bits per heavy atom. The maximum atomic E-state index is 12.4. The van der Waals surface area contributed by atoms with E-state index < -0.39 is 5.97 Å². The van der Waals surface area contributed by atoms with Gasteiger partial charge in [-0.15, -0.1) is 0 Å². The maximum Gasteiger partial charge on any atom is 0.343 e. The van der Waals surface area contributed by atoms with Gasteiger partial charge in [0.15, 0.2) is 17.3 Å². The number of carbonyl (C=O) groups excluding carboxylic acids is 2. The predicted octanol–water partition coefficient (Wildman–Crippen LogP) is 4.83. The van der Waals surface area contributed by atoms with Gasteiger partial charge in [0.2, 0.25) is 0 Å². The van der Waals surface area contributed by atoms with Crippen LogP contribution in [0.5, 0.6) is 23.0 Å². The van der Waals surface area contributed by atoms with Crippen molar-refractivity contribution in [3.63, 3.8) is 0 Å². The summed E-state index contributed by atoms with van der Waals surface area (Å²) in [5.41, 5.74) is 1.65. The van der Waals surface area contributed by atoms with E-state index in [2.05, 4.69) is 0 Å². The molecule has 0 heterocycles. The Labute approximate surface area is 180 Å². The largest absolute Gasteiger partial charge is 0.497 e. The lowest BCUT2D eigenvalue weighted by atomic mass is 10.1. The zero-order valence-electron chi connectivity index (χ0n) is 17.5. The van der Waals surface area contributed by atoms with Crippen molar-refractivity contribution in [1.29, 1.82) is 0 Å². The predicted molar refractivity (Wildman–Crippen MR) is 117 cm³/mol. The fourth-order valence-electron chi connectivity index (χ4n) is 2.83. The lowest BCUT2D eigenvalue weighted by Gasteiger charge is -2.09. The third-order valence-corrected chi connectivity index (χ3v) is 4.49. The van der Waals surface area contributed by atoms with Crippen molar-refractivity contribution in [3.05, 3.63) is 89.5 Å². The molecule has 0 fully saturated rings. The van der Waals surface area contributed by atoms with E-state index in [1.807, 2.05) is 24.3 Å². The summed E-state index contributed by atoms with van der Waals surface area (Å²) in [4.78, 5) is 24.8. The number of ether oxygens (including phenoxy) is 4. The minimum absolute atomic E-state index is 0.166. The fraction of sp³-hybridized carbons (Fsp3) is 0.120. The van der Waals surface area contributed by atoms with Crippen LogP contribution in [0.4, 0.5) is 0 Å². The molecule has 0 aliphatic heterocycles. The molecule has 6 heteroatoms. The van der Waals surface area contributed by atoms with E-state index in [0.29, 0.717) is 28.4 Å². The molecule has 3 aromatic carbocycles. The molecule has 0 radical (unpaired) electrons. The van der Waals surface area contributed by atoms with E-state index in [9.17, 15) is 9.59 Å². The molecule has 0 atom stereocenters. The summed E-state index contributed by atoms with van der Waals surface area (Å²) >= 11 is 0. The molecule has 0 saturated heterocycles. The fourth-order valence-corrected chi connectivity index (χ4v) is 2.83. The summed E-state index contributed by atoms with van der Waals surface area (Å²) in [6.45, 7) is 0. The molecule has 0 bridgehead atoms. The molecule has 6 nitrogen and oxygen atoms in total. The highest BCUT2D eigenvalue weighted by molar-refractivity contribution is 6.06. The van der Waals surface area contributed by atoms with Gasteiger partial charge in [0.05, 0.1) is 26.9 Å². The Balaban J connectivity index is 1.66. The second kappa shape index (κ2) is 10.1. The van der Waals surface area contributed by atoms with Gasteiger partial charge in [-0.2, -0.15) is 0 Å². The van der Waals surface area contributed by atoms with Crippen molar-refractivity contribution < 1.29 is 28.5 Å². The minimum Gasteiger partial charge on any atom is -0.497 e. The van der Waals surface area contributed by atoms with E-state index in [1.54, 1.807) is 55.7 Å². The number of rotatable bonds is 8. The summed E-state index contributed by atoms with van der Waals surface area (Å²) in [6, 6.07) is 18.5. The van der Waals surface area contributed by atoms with Crippen LogP contribution in [0.15, 0.2) is 72.8 Å². The van der Waals surface area contributed by atoms with Gasteiger partial charge in [0, 0.05) is 5.56 Å². The Bertz CT molecular complexity index is 1100. The Morgan fingerprint density at radius 1 is 0.710 bits per heavy atom. The molecule has 3 rings (SSSR count). The number of carbonyl (C=O) groups is 2. The highest BCUT2D eigenvalue weighted by Crippen LogP contribution is 2.28. The van der Waals surface area contributed by atoms with Crippen LogP contribution in [0.3, 0.4) is 0 Å². The topological polar surface area (TPSA) is 71.1 Å². The number of esters is 1. The molecule has 0 N–H and O–H groups in total. The van der Waals surface area contributed by atoms with E-state index >= 15 is 0 Å². The maximum absolute atomic E-state index is 12.4. The molecule has 0 unspecified atom stereocenters. The van der Waals surface area contributed by atoms with Crippen LogP contribution in [-0.4, -0.2) is 33.1 Å². The zero-order chi connectivity index (χ0) is 22.2. The van der Waals surface area contributed by atoms with E-state index in [0.717, 1.165) is 11.3 Å². The second-order valence-electron chi connectivity index (χ2n) is 6.46. The standard InChI is InChI=1S/C25H22O6/c1-28-21-6-4-5-17(15-21)7-13-22(26)18-8-11-20(12-9-18)31-25(27)19-10-14-23(29-2)24(16-19)30-3/h4-16H,1-3H3/b13-7+. The molecule has 0 spiro atoms. The lowest BCUT2D eigenvalue weighted by molar-refractivity contribution is 0.0734. The van der Waals surface area contributed by atoms with Crippen molar-refractivity contribution >= 4 is 17.8 Å². The molecule has 0 aromatic heterocycles. The number of ketones is 1. The van der Waals surface area contributed by atoms with E-state index in [-0.39, 0.29) is 5.78 Å². The van der Waals surface area contributed by atoms with Crippen molar-refractivity contribution in [1.82, 2.24) is 0 Å². The Morgan fingerprint density at radius 3 is 2.10 bits per heavy atom. The third-order valence-electron chi connectivity index (χ3n) is 4.49. The third kappa shape index (κ3) is 5.51. The SMILES string of the molecule is COc1cccc(/C=C/C(=O)c2ccc(OC(=O)c3ccc(OC)c(OC)c3)cc2)c1. The number of methoxy groups -OCH3 is 3. The van der Waals surface area contributed by atoms with Crippen molar-refractivity contribution in [3.8, 4) is 23.0 Å². The second-order valence-corrected chi connectivity index (χ2v) is 6.46. The average Bonchev–Trinajstić information content (AvgIpc) is 2.82. The zero-order valence-corrected chi connectivity index (χ0v) is 17.5. The number of allylic oxidation sites excluding steroid dienone is 1. The van der Waals surface area contributed by atoms with Crippen molar-refractivity contribution in [2.45, 2.75) is 0 Å². The van der Waals surface area contributed by atoms with Gasteiger partial charge >= 0.3 is 5.97 Å². The first-order valence-corrected chi connectivity index (χ1v) is 9.45. The molecule has 0 aliphatic carbocycles. The van der Waals surface area contributed by atoms with Crippen LogP contribution in [-0.2, 0) is 0 Å². The quantitative estimate of drug-likeness (QED) is 0.226. The first kappa shape index (κ1) is 21.6. The van der Waals surface area contributed by atoms with Crippen molar-refractivity contribution in [2.24, 2.45) is 0 Å². The minimum atomic E-state index is -0.544. The molecule has 0 amide bonds. The lowest BCUT2D eigenvalue weighted by Crippen LogP contribution is -2.09. The molecule has 158 valence electrons. The molecular weight excluding hydrogens is 396 g/mol. The Kier molecular flexibility index (Phi) is 7.06. The van der Waals surface area contributed by atoms with Crippen LogP contribution < -0.4 is 18.9 Å². The normalized spacial score (nSPS) is 10.5. The highest BCUT2D eigenvalue weighted by atomic mass is 16.5. The molecule has 0 aliphatic rings. The van der Waals surface area contributed by atoms with Gasteiger partial charge in [0.1, 0.15) is 11.5 Å². The summed E-state index contributed by atoms with van der Waals surface area (Å²) in [5.74, 6) is 1.28. The van der Waals surface area contributed by atoms with Crippen molar-refractivity contribution in [2.75, 3.05) is 21.3 Å².